The molecule has 31 heavy (non-hydrogen) atoms. The number of hydrogen-bond donors (Lipinski definition) is 1. The Morgan fingerprint density at radius 1 is 1.13 bits per heavy atom. The SMILES string of the molecule is O=C(N1CC(=Cc2cc3[nH]c(=O)oc3cc2F)C1)N1N=CCC1c1cc(F)cc(F)c1. The fraction of sp³-hybridized carbons (Fsp3) is 0.190. The maximum absolute atomic E-state index is 14.3. The zero-order chi connectivity index (χ0) is 21.7. The highest BCUT2D eigenvalue weighted by atomic mass is 19.1. The van der Waals surface area contributed by atoms with Gasteiger partial charge in [-0.05, 0) is 35.4 Å². The van der Waals surface area contributed by atoms with Crippen molar-refractivity contribution in [2.75, 3.05) is 13.1 Å². The molecule has 1 fully saturated rings. The van der Waals surface area contributed by atoms with E-state index < -0.39 is 35.3 Å². The molecule has 2 aromatic carbocycles. The molecule has 3 heterocycles. The number of rotatable bonds is 2. The Labute approximate surface area is 173 Å². The van der Waals surface area contributed by atoms with E-state index in [0.717, 1.165) is 17.7 Å². The summed E-state index contributed by atoms with van der Waals surface area (Å²) in [5, 5.41) is 5.27. The molecule has 3 aromatic rings. The molecular formula is C21H15F3N4O3. The van der Waals surface area contributed by atoms with E-state index >= 15 is 0 Å². The van der Waals surface area contributed by atoms with Crippen molar-refractivity contribution in [2.24, 2.45) is 5.10 Å². The van der Waals surface area contributed by atoms with Gasteiger partial charge in [-0.3, -0.25) is 4.98 Å². The van der Waals surface area contributed by atoms with Crippen molar-refractivity contribution in [3.8, 4) is 0 Å². The number of amides is 2. The van der Waals surface area contributed by atoms with Crippen LogP contribution < -0.4 is 5.76 Å². The second-order valence-corrected chi connectivity index (χ2v) is 7.42. The predicted octanol–water partition coefficient (Wildman–Crippen LogP) is 3.79. The number of halogens is 3. The number of carbonyl (C=O) groups is 1. The van der Waals surface area contributed by atoms with Crippen LogP contribution in [0.15, 0.2) is 50.2 Å². The van der Waals surface area contributed by atoms with Gasteiger partial charge < -0.3 is 9.32 Å². The maximum atomic E-state index is 14.3. The van der Waals surface area contributed by atoms with E-state index in [2.05, 4.69) is 10.1 Å². The Kier molecular flexibility index (Phi) is 4.42. The van der Waals surface area contributed by atoms with Gasteiger partial charge in [0.2, 0.25) is 0 Å². The molecule has 1 saturated heterocycles. The number of aromatic nitrogens is 1. The molecule has 7 nitrogen and oxygen atoms in total. The Bertz CT molecular complexity index is 1300. The molecule has 5 rings (SSSR count). The number of nitrogens with one attached hydrogen (secondary N) is 1. The van der Waals surface area contributed by atoms with Gasteiger partial charge in [-0.2, -0.15) is 5.10 Å². The second-order valence-electron chi connectivity index (χ2n) is 7.42. The molecule has 1 atom stereocenters. The lowest BCUT2D eigenvalue weighted by molar-refractivity contribution is 0.136. The van der Waals surface area contributed by atoms with E-state index in [0.29, 0.717) is 17.5 Å². The molecule has 0 aliphatic carbocycles. The largest absolute Gasteiger partial charge is 0.417 e. The molecule has 1 N–H and O–H groups in total. The summed E-state index contributed by atoms with van der Waals surface area (Å²) in [6, 6.07) is 4.73. The zero-order valence-electron chi connectivity index (χ0n) is 15.9. The van der Waals surface area contributed by atoms with Gasteiger partial charge in [-0.1, -0.05) is 0 Å². The van der Waals surface area contributed by atoms with Gasteiger partial charge in [0.15, 0.2) is 5.58 Å². The lowest BCUT2D eigenvalue weighted by Crippen LogP contribution is -2.49. The molecular weight excluding hydrogens is 413 g/mol. The topological polar surface area (TPSA) is 81.9 Å². The number of nitrogens with zero attached hydrogens (tertiary/aromatic N) is 3. The van der Waals surface area contributed by atoms with Crippen molar-refractivity contribution >= 4 is 29.4 Å². The summed E-state index contributed by atoms with van der Waals surface area (Å²) in [5.41, 5.74) is 1.89. The molecule has 0 radical (unpaired) electrons. The number of carbonyl (C=O) groups excluding carboxylic acids is 1. The van der Waals surface area contributed by atoms with Crippen LogP contribution in [0.25, 0.3) is 17.2 Å². The van der Waals surface area contributed by atoms with Crippen LogP contribution in [0.4, 0.5) is 18.0 Å². The highest BCUT2D eigenvalue weighted by Crippen LogP contribution is 2.32. The lowest BCUT2D eigenvalue weighted by atomic mass is 10.0. The highest BCUT2D eigenvalue weighted by Gasteiger charge is 2.35. The Morgan fingerprint density at radius 3 is 2.61 bits per heavy atom. The number of fused-ring (bicyclic) bond motifs is 1. The first-order valence-corrected chi connectivity index (χ1v) is 9.46. The number of aromatic amines is 1. The van der Waals surface area contributed by atoms with E-state index in [1.165, 1.54) is 34.3 Å². The molecule has 2 amide bonds. The summed E-state index contributed by atoms with van der Waals surface area (Å²) in [4.78, 5) is 28.0. The molecule has 0 bridgehead atoms. The Morgan fingerprint density at radius 2 is 1.87 bits per heavy atom. The number of likely N-dealkylation sites (tertiary alicyclic amines) is 1. The van der Waals surface area contributed by atoms with Crippen LogP contribution in [0.5, 0.6) is 0 Å². The van der Waals surface area contributed by atoms with Crippen molar-refractivity contribution in [1.29, 1.82) is 0 Å². The van der Waals surface area contributed by atoms with Crippen LogP contribution in [-0.4, -0.2) is 40.2 Å². The molecule has 2 aliphatic rings. The van der Waals surface area contributed by atoms with Crippen LogP contribution in [0.1, 0.15) is 23.6 Å². The quantitative estimate of drug-likeness (QED) is 0.674. The second kappa shape index (κ2) is 7.15. The molecule has 158 valence electrons. The van der Waals surface area contributed by atoms with Gasteiger partial charge in [-0.15, -0.1) is 0 Å². The van der Waals surface area contributed by atoms with Crippen LogP contribution in [0.2, 0.25) is 0 Å². The smallest absolute Gasteiger partial charge is 0.408 e. The zero-order valence-corrected chi connectivity index (χ0v) is 15.9. The summed E-state index contributed by atoms with van der Waals surface area (Å²) >= 11 is 0. The maximum Gasteiger partial charge on any atom is 0.417 e. The van der Waals surface area contributed by atoms with Crippen molar-refractivity contribution in [1.82, 2.24) is 14.9 Å². The summed E-state index contributed by atoms with van der Waals surface area (Å²) in [5.74, 6) is -2.66. The first-order chi connectivity index (χ1) is 14.9. The summed E-state index contributed by atoms with van der Waals surface area (Å²) in [6.45, 7) is 0.517. The summed E-state index contributed by atoms with van der Waals surface area (Å²) in [7, 11) is 0. The van der Waals surface area contributed by atoms with Crippen LogP contribution in [0.3, 0.4) is 0 Å². The van der Waals surface area contributed by atoms with E-state index in [1.807, 2.05) is 0 Å². The highest BCUT2D eigenvalue weighted by molar-refractivity contribution is 5.81. The van der Waals surface area contributed by atoms with E-state index in [-0.39, 0.29) is 24.2 Å². The fourth-order valence-electron chi connectivity index (χ4n) is 3.78. The number of hydrazone groups is 1. The minimum atomic E-state index is -0.721. The summed E-state index contributed by atoms with van der Waals surface area (Å²) < 4.78 is 46.2. The van der Waals surface area contributed by atoms with Gasteiger partial charge >= 0.3 is 11.8 Å². The van der Waals surface area contributed by atoms with Gasteiger partial charge in [0, 0.05) is 43.4 Å². The molecule has 0 spiro atoms. The van der Waals surface area contributed by atoms with Crippen molar-refractivity contribution in [3.63, 3.8) is 0 Å². The van der Waals surface area contributed by atoms with Crippen molar-refractivity contribution in [2.45, 2.75) is 12.5 Å². The average Bonchev–Trinajstić information content (AvgIpc) is 3.28. The number of benzene rings is 2. The molecule has 10 heteroatoms. The first-order valence-electron chi connectivity index (χ1n) is 9.46. The minimum absolute atomic E-state index is 0.127. The van der Waals surface area contributed by atoms with E-state index in [4.69, 9.17) is 4.42 Å². The van der Waals surface area contributed by atoms with Crippen LogP contribution >= 0.6 is 0 Å². The van der Waals surface area contributed by atoms with Gasteiger partial charge in [0.05, 0.1) is 11.6 Å². The Balaban J connectivity index is 1.31. The third kappa shape index (κ3) is 3.49. The van der Waals surface area contributed by atoms with Gasteiger partial charge in [-0.25, -0.2) is 27.8 Å². The van der Waals surface area contributed by atoms with Crippen molar-refractivity contribution in [3.05, 3.63) is 75.0 Å². The molecule has 0 saturated carbocycles. The monoisotopic (exact) mass is 428 g/mol. The minimum Gasteiger partial charge on any atom is -0.408 e. The lowest BCUT2D eigenvalue weighted by Gasteiger charge is -2.37. The Hall–Kier alpha value is -3.82. The number of oxazole rings is 1. The number of urea groups is 1. The van der Waals surface area contributed by atoms with Crippen molar-refractivity contribution < 1.29 is 22.4 Å². The van der Waals surface area contributed by atoms with Crippen LogP contribution in [0, 0.1) is 17.5 Å². The number of hydrogen-bond acceptors (Lipinski definition) is 4. The van der Waals surface area contributed by atoms with Crippen LogP contribution in [-0.2, 0) is 0 Å². The third-order valence-electron chi connectivity index (χ3n) is 5.25. The first kappa shape index (κ1) is 19.2. The summed E-state index contributed by atoms with van der Waals surface area (Å²) in [6.07, 6.45) is 3.48. The average molecular weight is 428 g/mol. The predicted molar refractivity (Wildman–Crippen MR) is 106 cm³/mol. The normalized spacial score (nSPS) is 18.0. The van der Waals surface area contributed by atoms with E-state index in [9.17, 15) is 22.8 Å². The molecule has 1 unspecified atom stereocenters. The molecule has 2 aliphatic heterocycles. The van der Waals surface area contributed by atoms with Gasteiger partial charge in [0.1, 0.15) is 17.5 Å². The van der Waals surface area contributed by atoms with Gasteiger partial charge in [0.25, 0.3) is 0 Å². The fourth-order valence-corrected chi connectivity index (χ4v) is 3.78. The standard InChI is InChI=1S/C21H15F3N4O3/c22-14-4-13(5-15(23)7-14)18-1-2-25-28(18)21(30)27-9-11(10-27)3-12-6-17-19(8-16(12)24)31-20(29)26-17/h2-8,18H,1,9-10H2,(H,26,29). The molecule has 1 aromatic heterocycles. The number of H-pyrrole nitrogens is 1. The van der Waals surface area contributed by atoms with E-state index in [1.54, 1.807) is 6.08 Å². The third-order valence-corrected chi connectivity index (χ3v) is 5.25.